The van der Waals surface area contributed by atoms with Gasteiger partial charge in [0.1, 0.15) is 5.82 Å². The monoisotopic (exact) mass is 221 g/mol. The molecule has 0 amide bonds. The number of anilines is 1. The molecule has 2 N–H and O–H groups in total. The van der Waals surface area contributed by atoms with Crippen molar-refractivity contribution in [2.24, 2.45) is 5.92 Å². The van der Waals surface area contributed by atoms with Crippen LogP contribution < -0.4 is 10.6 Å². The molecule has 0 bridgehead atoms. The molecule has 90 valence electrons. The Morgan fingerprint density at radius 3 is 2.62 bits per heavy atom. The zero-order valence-electron chi connectivity index (χ0n) is 10.8. The Kier molecular flexibility index (Phi) is 5.26. The summed E-state index contributed by atoms with van der Waals surface area (Å²) in [7, 11) is 1.91. The van der Waals surface area contributed by atoms with Gasteiger partial charge in [0.25, 0.3) is 0 Å². The summed E-state index contributed by atoms with van der Waals surface area (Å²) in [4.78, 5) is 4.47. The number of pyridine rings is 1. The molecule has 3 heteroatoms. The smallest absolute Gasteiger partial charge is 0.126 e. The predicted octanol–water partition coefficient (Wildman–Crippen LogP) is 2.43. The molecular formula is C13H23N3. The van der Waals surface area contributed by atoms with Crippen molar-refractivity contribution in [2.75, 3.05) is 18.9 Å². The van der Waals surface area contributed by atoms with E-state index in [9.17, 15) is 0 Å². The Morgan fingerprint density at radius 2 is 2.06 bits per heavy atom. The van der Waals surface area contributed by atoms with Crippen molar-refractivity contribution in [2.45, 2.75) is 33.7 Å². The minimum absolute atomic E-state index is 0.691. The standard InChI is InChI=1S/C13H23N3/c1-5-12-6-11(7-13(14-4)16-12)9-15-8-10(2)3/h6-7,10,15H,5,8-9H2,1-4H3,(H,14,16). The quantitative estimate of drug-likeness (QED) is 0.774. The maximum Gasteiger partial charge on any atom is 0.126 e. The van der Waals surface area contributed by atoms with Gasteiger partial charge in [0.2, 0.25) is 0 Å². The van der Waals surface area contributed by atoms with Gasteiger partial charge in [-0.15, -0.1) is 0 Å². The van der Waals surface area contributed by atoms with Crippen LogP contribution in [0.25, 0.3) is 0 Å². The first kappa shape index (κ1) is 13.0. The van der Waals surface area contributed by atoms with Crippen molar-refractivity contribution < 1.29 is 0 Å². The lowest BCUT2D eigenvalue weighted by Crippen LogP contribution is -2.19. The minimum atomic E-state index is 0.691. The van der Waals surface area contributed by atoms with Crippen molar-refractivity contribution >= 4 is 5.82 Å². The van der Waals surface area contributed by atoms with Crippen LogP contribution >= 0.6 is 0 Å². The zero-order valence-corrected chi connectivity index (χ0v) is 10.8. The maximum absolute atomic E-state index is 4.47. The van der Waals surface area contributed by atoms with Crippen LogP contribution in [0.2, 0.25) is 0 Å². The Balaban J connectivity index is 2.64. The summed E-state index contributed by atoms with van der Waals surface area (Å²) in [5, 5.41) is 6.55. The van der Waals surface area contributed by atoms with Gasteiger partial charge in [0.15, 0.2) is 0 Å². The van der Waals surface area contributed by atoms with Gasteiger partial charge >= 0.3 is 0 Å². The number of aryl methyl sites for hydroxylation is 1. The molecule has 0 spiro atoms. The van der Waals surface area contributed by atoms with Crippen LogP contribution in [0.5, 0.6) is 0 Å². The molecular weight excluding hydrogens is 198 g/mol. The molecule has 0 radical (unpaired) electrons. The third-order valence-corrected chi connectivity index (χ3v) is 2.44. The molecule has 0 aliphatic heterocycles. The fraction of sp³-hybridized carbons (Fsp3) is 0.615. The Bertz CT molecular complexity index is 299. The maximum atomic E-state index is 4.47. The van der Waals surface area contributed by atoms with E-state index in [1.807, 2.05) is 7.05 Å². The molecule has 0 saturated carbocycles. The molecule has 0 atom stereocenters. The summed E-state index contributed by atoms with van der Waals surface area (Å²) < 4.78 is 0. The van der Waals surface area contributed by atoms with Gasteiger partial charge in [-0.3, -0.25) is 0 Å². The van der Waals surface area contributed by atoms with Gasteiger partial charge in [-0.25, -0.2) is 4.98 Å². The zero-order chi connectivity index (χ0) is 12.0. The van der Waals surface area contributed by atoms with Crippen LogP contribution in [-0.2, 0) is 13.0 Å². The average molecular weight is 221 g/mol. The normalized spacial score (nSPS) is 10.8. The van der Waals surface area contributed by atoms with E-state index in [0.717, 1.165) is 31.0 Å². The van der Waals surface area contributed by atoms with Gasteiger partial charge in [0.05, 0.1) is 0 Å². The van der Waals surface area contributed by atoms with E-state index in [0.29, 0.717) is 5.92 Å². The first-order valence-corrected chi connectivity index (χ1v) is 6.04. The highest BCUT2D eigenvalue weighted by molar-refractivity contribution is 5.39. The number of aromatic nitrogens is 1. The third kappa shape index (κ3) is 4.19. The van der Waals surface area contributed by atoms with Gasteiger partial charge in [-0.1, -0.05) is 20.8 Å². The molecule has 0 aromatic carbocycles. The summed E-state index contributed by atoms with van der Waals surface area (Å²) in [6, 6.07) is 4.28. The summed E-state index contributed by atoms with van der Waals surface area (Å²) in [6.07, 6.45) is 0.979. The first-order chi connectivity index (χ1) is 7.65. The molecule has 1 aromatic heterocycles. The lowest BCUT2D eigenvalue weighted by molar-refractivity contribution is 0.552. The lowest BCUT2D eigenvalue weighted by Gasteiger charge is -2.10. The van der Waals surface area contributed by atoms with Crippen LogP contribution in [0.15, 0.2) is 12.1 Å². The number of rotatable bonds is 6. The highest BCUT2D eigenvalue weighted by atomic mass is 15.0. The topological polar surface area (TPSA) is 37.0 Å². The minimum Gasteiger partial charge on any atom is -0.373 e. The fourth-order valence-corrected chi connectivity index (χ4v) is 1.57. The van der Waals surface area contributed by atoms with Crippen LogP contribution in [0, 0.1) is 5.92 Å². The molecule has 0 fully saturated rings. The molecule has 16 heavy (non-hydrogen) atoms. The van der Waals surface area contributed by atoms with Crippen molar-refractivity contribution in [3.63, 3.8) is 0 Å². The summed E-state index contributed by atoms with van der Waals surface area (Å²) in [6.45, 7) is 8.54. The second kappa shape index (κ2) is 6.48. The predicted molar refractivity (Wildman–Crippen MR) is 69.7 cm³/mol. The SMILES string of the molecule is CCc1cc(CNCC(C)C)cc(NC)n1. The van der Waals surface area contributed by atoms with E-state index in [-0.39, 0.29) is 0 Å². The summed E-state index contributed by atoms with van der Waals surface area (Å²) in [5.41, 5.74) is 2.45. The molecule has 0 aliphatic rings. The Hall–Kier alpha value is -1.09. The van der Waals surface area contributed by atoms with Gasteiger partial charge in [-0.05, 0) is 36.6 Å². The van der Waals surface area contributed by atoms with Gasteiger partial charge in [-0.2, -0.15) is 0 Å². The second-order valence-electron chi connectivity index (χ2n) is 4.48. The van der Waals surface area contributed by atoms with Crippen molar-refractivity contribution in [1.29, 1.82) is 0 Å². The van der Waals surface area contributed by atoms with Crippen LogP contribution in [0.3, 0.4) is 0 Å². The number of nitrogens with one attached hydrogen (secondary N) is 2. The van der Waals surface area contributed by atoms with E-state index in [4.69, 9.17) is 0 Å². The highest BCUT2D eigenvalue weighted by Gasteiger charge is 2.01. The van der Waals surface area contributed by atoms with E-state index in [1.165, 1.54) is 5.56 Å². The highest BCUT2D eigenvalue weighted by Crippen LogP contribution is 2.10. The molecule has 1 heterocycles. The molecule has 1 rings (SSSR count). The van der Waals surface area contributed by atoms with Crippen molar-refractivity contribution in [1.82, 2.24) is 10.3 Å². The van der Waals surface area contributed by atoms with Crippen LogP contribution in [-0.4, -0.2) is 18.6 Å². The molecule has 0 unspecified atom stereocenters. The molecule has 1 aromatic rings. The number of hydrogen-bond acceptors (Lipinski definition) is 3. The number of hydrogen-bond donors (Lipinski definition) is 2. The molecule has 3 nitrogen and oxygen atoms in total. The van der Waals surface area contributed by atoms with Gasteiger partial charge in [0, 0.05) is 19.3 Å². The van der Waals surface area contributed by atoms with E-state index in [1.54, 1.807) is 0 Å². The fourth-order valence-electron chi connectivity index (χ4n) is 1.57. The van der Waals surface area contributed by atoms with E-state index in [2.05, 4.69) is 48.5 Å². The Labute approximate surface area is 98.7 Å². The van der Waals surface area contributed by atoms with Gasteiger partial charge < -0.3 is 10.6 Å². The van der Waals surface area contributed by atoms with Crippen LogP contribution in [0.1, 0.15) is 32.0 Å². The molecule has 0 aliphatic carbocycles. The first-order valence-electron chi connectivity index (χ1n) is 6.04. The summed E-state index contributed by atoms with van der Waals surface area (Å²) in [5.74, 6) is 1.65. The van der Waals surface area contributed by atoms with Crippen LogP contribution in [0.4, 0.5) is 5.82 Å². The third-order valence-electron chi connectivity index (χ3n) is 2.44. The largest absolute Gasteiger partial charge is 0.373 e. The lowest BCUT2D eigenvalue weighted by atomic mass is 10.1. The van der Waals surface area contributed by atoms with E-state index < -0.39 is 0 Å². The number of nitrogens with zero attached hydrogens (tertiary/aromatic N) is 1. The van der Waals surface area contributed by atoms with Crippen molar-refractivity contribution in [3.05, 3.63) is 23.4 Å². The average Bonchev–Trinajstić information content (AvgIpc) is 2.28. The van der Waals surface area contributed by atoms with Crippen molar-refractivity contribution in [3.8, 4) is 0 Å². The molecule has 0 saturated heterocycles. The Morgan fingerprint density at radius 1 is 1.31 bits per heavy atom. The second-order valence-corrected chi connectivity index (χ2v) is 4.48. The van der Waals surface area contributed by atoms with E-state index >= 15 is 0 Å². The summed E-state index contributed by atoms with van der Waals surface area (Å²) >= 11 is 0.